The summed E-state index contributed by atoms with van der Waals surface area (Å²) in [4.78, 5) is 32.5. The zero-order chi connectivity index (χ0) is 22.8. The molecular formula is C24H31N3O3S. The molecule has 7 heteroatoms. The van der Waals surface area contributed by atoms with Gasteiger partial charge < -0.3 is 15.0 Å². The molecule has 3 rings (SSSR count). The van der Waals surface area contributed by atoms with Crippen molar-refractivity contribution >= 4 is 28.8 Å². The summed E-state index contributed by atoms with van der Waals surface area (Å²) >= 11 is 1.48. The van der Waals surface area contributed by atoms with E-state index in [1.807, 2.05) is 82.2 Å². The summed E-state index contributed by atoms with van der Waals surface area (Å²) < 4.78 is 5.73. The Kier molecular flexibility index (Phi) is 6.94. The monoisotopic (exact) mass is 441 g/mol. The maximum absolute atomic E-state index is 13.2. The third-order valence-electron chi connectivity index (χ3n) is 5.10. The Hall–Kier alpha value is -2.54. The van der Waals surface area contributed by atoms with Gasteiger partial charge in [0.25, 0.3) is 0 Å². The number of carbonyl (C=O) groups is 2. The molecule has 2 aliphatic rings. The van der Waals surface area contributed by atoms with Gasteiger partial charge >= 0.3 is 5.97 Å². The van der Waals surface area contributed by atoms with Gasteiger partial charge in [-0.2, -0.15) is 0 Å². The van der Waals surface area contributed by atoms with Crippen molar-refractivity contribution in [2.24, 2.45) is 4.99 Å². The Morgan fingerprint density at radius 3 is 2.55 bits per heavy atom. The maximum Gasteiger partial charge on any atom is 0.338 e. The van der Waals surface area contributed by atoms with E-state index < -0.39 is 11.6 Å². The number of aliphatic imine (C=N–C) groups is 1. The van der Waals surface area contributed by atoms with Gasteiger partial charge in [0.05, 0.1) is 23.7 Å². The number of amides is 1. The SMILES string of the molecule is CCC(C)NC(=O)CC1=CSC2=NC(C)=C(C(=O)OC(C)(C)C)C(c3ccccc3)N12. The van der Waals surface area contributed by atoms with E-state index in [1.165, 1.54) is 11.8 Å². The number of carbonyl (C=O) groups excluding carboxylic acids is 2. The minimum Gasteiger partial charge on any atom is -0.456 e. The van der Waals surface area contributed by atoms with Crippen molar-refractivity contribution in [1.29, 1.82) is 0 Å². The first-order valence-electron chi connectivity index (χ1n) is 10.6. The molecule has 0 spiro atoms. The van der Waals surface area contributed by atoms with Gasteiger partial charge in [0.2, 0.25) is 5.91 Å². The molecule has 2 heterocycles. The molecule has 31 heavy (non-hydrogen) atoms. The predicted molar refractivity (Wildman–Crippen MR) is 125 cm³/mol. The zero-order valence-electron chi connectivity index (χ0n) is 19.1. The average Bonchev–Trinajstić information content (AvgIpc) is 3.07. The van der Waals surface area contributed by atoms with Gasteiger partial charge in [0.15, 0.2) is 5.17 Å². The largest absolute Gasteiger partial charge is 0.456 e. The number of esters is 1. The lowest BCUT2D eigenvalue weighted by atomic mass is 9.93. The molecule has 0 aliphatic carbocycles. The first-order chi connectivity index (χ1) is 14.6. The molecule has 0 fully saturated rings. The smallest absolute Gasteiger partial charge is 0.338 e. The second-order valence-electron chi connectivity index (χ2n) is 8.86. The van der Waals surface area contributed by atoms with Gasteiger partial charge in [-0.25, -0.2) is 9.79 Å². The zero-order valence-corrected chi connectivity index (χ0v) is 19.9. The molecule has 0 radical (unpaired) electrons. The van der Waals surface area contributed by atoms with Crippen LogP contribution in [-0.2, 0) is 14.3 Å². The molecule has 0 bridgehead atoms. The minimum absolute atomic E-state index is 0.0423. The third-order valence-corrected chi connectivity index (χ3v) is 5.98. The number of amidine groups is 1. The molecule has 1 aromatic rings. The molecule has 2 atom stereocenters. The van der Waals surface area contributed by atoms with Crippen molar-refractivity contribution in [3.05, 3.63) is 58.3 Å². The van der Waals surface area contributed by atoms with E-state index in [9.17, 15) is 9.59 Å². The second kappa shape index (κ2) is 9.30. The van der Waals surface area contributed by atoms with Gasteiger partial charge in [0, 0.05) is 11.7 Å². The number of fused-ring (bicyclic) bond motifs is 1. The summed E-state index contributed by atoms with van der Waals surface area (Å²) in [5, 5.41) is 5.74. The van der Waals surface area contributed by atoms with Crippen molar-refractivity contribution in [1.82, 2.24) is 10.2 Å². The summed E-state index contributed by atoms with van der Waals surface area (Å²) in [5.41, 5.74) is 2.29. The number of rotatable bonds is 6. The highest BCUT2D eigenvalue weighted by Crippen LogP contribution is 2.45. The summed E-state index contributed by atoms with van der Waals surface area (Å²) in [5.74, 6) is -0.429. The Balaban J connectivity index is 1.99. The highest BCUT2D eigenvalue weighted by molar-refractivity contribution is 8.16. The van der Waals surface area contributed by atoms with Gasteiger partial charge in [0.1, 0.15) is 5.60 Å². The summed E-state index contributed by atoms with van der Waals surface area (Å²) in [7, 11) is 0. The van der Waals surface area contributed by atoms with Crippen molar-refractivity contribution in [3.8, 4) is 0 Å². The van der Waals surface area contributed by atoms with Crippen LogP contribution >= 0.6 is 11.8 Å². The molecule has 2 unspecified atom stereocenters. The Morgan fingerprint density at radius 1 is 1.26 bits per heavy atom. The molecule has 0 saturated carbocycles. The normalized spacial score (nSPS) is 19.4. The maximum atomic E-state index is 13.2. The van der Waals surface area contributed by atoms with Crippen molar-refractivity contribution in [3.63, 3.8) is 0 Å². The number of hydrogen-bond donors (Lipinski definition) is 1. The van der Waals surface area contributed by atoms with E-state index in [-0.39, 0.29) is 24.3 Å². The number of benzene rings is 1. The van der Waals surface area contributed by atoms with E-state index in [0.29, 0.717) is 11.3 Å². The number of allylic oxidation sites excluding steroid dienone is 1. The fourth-order valence-corrected chi connectivity index (χ4v) is 4.47. The van der Waals surface area contributed by atoms with Crippen LogP contribution in [0.4, 0.5) is 0 Å². The van der Waals surface area contributed by atoms with Gasteiger partial charge in [-0.3, -0.25) is 4.79 Å². The molecule has 2 aliphatic heterocycles. The van der Waals surface area contributed by atoms with Crippen LogP contribution in [-0.4, -0.2) is 33.6 Å². The third kappa shape index (κ3) is 5.39. The standard InChI is InChI=1S/C24H31N3O3S/c1-7-15(2)25-19(28)13-18-14-31-23-26-16(3)20(22(29)30-24(4,5)6)21(27(18)23)17-11-9-8-10-12-17/h8-12,14-15,21H,7,13H2,1-6H3,(H,25,28). The Bertz CT molecular complexity index is 945. The molecule has 1 aromatic carbocycles. The molecule has 0 saturated heterocycles. The summed E-state index contributed by atoms with van der Waals surface area (Å²) in [6, 6.07) is 9.54. The first kappa shape index (κ1) is 23.1. The van der Waals surface area contributed by atoms with Gasteiger partial charge in [-0.05, 0) is 52.0 Å². The van der Waals surface area contributed by atoms with E-state index >= 15 is 0 Å². The van der Waals surface area contributed by atoms with E-state index in [1.54, 1.807) is 0 Å². The minimum atomic E-state index is -0.621. The number of ether oxygens (including phenoxy) is 1. The van der Waals surface area contributed by atoms with Crippen molar-refractivity contribution in [2.75, 3.05) is 0 Å². The highest BCUT2D eigenvalue weighted by atomic mass is 32.2. The first-order valence-corrected chi connectivity index (χ1v) is 11.5. The molecule has 1 amide bonds. The predicted octanol–water partition coefficient (Wildman–Crippen LogP) is 4.91. The Morgan fingerprint density at radius 2 is 1.94 bits per heavy atom. The van der Waals surface area contributed by atoms with E-state index in [2.05, 4.69) is 10.3 Å². The van der Waals surface area contributed by atoms with Crippen LogP contribution < -0.4 is 5.32 Å². The Labute approximate surface area is 188 Å². The average molecular weight is 442 g/mol. The molecule has 0 aromatic heterocycles. The van der Waals surface area contributed by atoms with Gasteiger partial charge in [-0.1, -0.05) is 49.0 Å². The van der Waals surface area contributed by atoms with Crippen LogP contribution in [0.15, 0.2) is 57.7 Å². The molecular weight excluding hydrogens is 410 g/mol. The number of thioether (sulfide) groups is 1. The molecule has 1 N–H and O–H groups in total. The quantitative estimate of drug-likeness (QED) is 0.635. The van der Waals surface area contributed by atoms with E-state index in [4.69, 9.17) is 4.74 Å². The van der Waals surface area contributed by atoms with Crippen molar-refractivity contribution < 1.29 is 14.3 Å². The topological polar surface area (TPSA) is 71.0 Å². The summed E-state index contributed by atoms with van der Waals surface area (Å²) in [6.07, 6.45) is 1.09. The van der Waals surface area contributed by atoms with Crippen LogP contribution in [0.5, 0.6) is 0 Å². The number of hydrogen-bond acceptors (Lipinski definition) is 6. The van der Waals surface area contributed by atoms with Crippen molar-refractivity contribution in [2.45, 2.75) is 72.1 Å². The molecule has 6 nitrogen and oxygen atoms in total. The van der Waals surface area contributed by atoms with Crippen LogP contribution in [0, 0.1) is 0 Å². The van der Waals surface area contributed by atoms with Gasteiger partial charge in [-0.15, -0.1) is 0 Å². The highest BCUT2D eigenvalue weighted by Gasteiger charge is 2.41. The van der Waals surface area contributed by atoms with Crippen LogP contribution in [0.1, 0.15) is 66.0 Å². The van der Waals surface area contributed by atoms with Crippen LogP contribution in [0.2, 0.25) is 0 Å². The van der Waals surface area contributed by atoms with E-state index in [0.717, 1.165) is 22.8 Å². The number of nitrogens with zero attached hydrogens (tertiary/aromatic N) is 2. The lowest BCUT2D eigenvalue weighted by molar-refractivity contribution is -0.150. The summed E-state index contributed by atoms with van der Waals surface area (Å²) in [6.45, 7) is 11.4. The van der Waals surface area contributed by atoms with Crippen LogP contribution in [0.3, 0.4) is 0 Å². The lowest BCUT2D eigenvalue weighted by Gasteiger charge is -2.37. The lowest BCUT2D eigenvalue weighted by Crippen LogP contribution is -2.40. The van der Waals surface area contributed by atoms with Crippen LogP contribution in [0.25, 0.3) is 0 Å². The fraction of sp³-hybridized carbons (Fsp3) is 0.458. The number of nitrogens with one attached hydrogen (secondary N) is 1. The fourth-order valence-electron chi connectivity index (χ4n) is 3.51. The second-order valence-corrected chi connectivity index (χ2v) is 9.70. The molecule has 166 valence electrons.